The number of hydrogen-bond donors (Lipinski definition) is 1. The Morgan fingerprint density at radius 3 is 2.20 bits per heavy atom. The second kappa shape index (κ2) is 6.19. The zero-order chi connectivity index (χ0) is 14.9. The van der Waals surface area contributed by atoms with Crippen molar-refractivity contribution in [1.29, 1.82) is 0 Å². The van der Waals surface area contributed by atoms with E-state index in [1.807, 2.05) is 19.1 Å². The van der Waals surface area contributed by atoms with Crippen LogP contribution in [0.3, 0.4) is 0 Å². The fourth-order valence-electron chi connectivity index (χ4n) is 2.33. The van der Waals surface area contributed by atoms with Gasteiger partial charge in [-0.1, -0.05) is 40.9 Å². The zero-order valence-corrected chi connectivity index (χ0v) is 14.6. The number of halogens is 2. The zero-order valence-electron chi connectivity index (χ0n) is 12.2. The molecule has 0 fully saturated rings. The summed E-state index contributed by atoms with van der Waals surface area (Å²) >= 11 is 9.79. The quantitative estimate of drug-likeness (QED) is 0.693. The molecule has 0 saturated heterocycles. The van der Waals surface area contributed by atoms with Gasteiger partial charge >= 0.3 is 0 Å². The maximum absolute atomic E-state index is 6.20. The molecule has 3 heteroatoms. The Kier molecular flexibility index (Phi) is 4.77. The molecule has 0 amide bonds. The first kappa shape index (κ1) is 15.4. The van der Waals surface area contributed by atoms with Crippen LogP contribution < -0.4 is 5.32 Å². The molecule has 1 N–H and O–H groups in total. The van der Waals surface area contributed by atoms with Gasteiger partial charge in [-0.05, 0) is 66.9 Å². The fourth-order valence-corrected chi connectivity index (χ4v) is 3.07. The molecule has 0 bridgehead atoms. The summed E-state index contributed by atoms with van der Waals surface area (Å²) in [4.78, 5) is 0. The van der Waals surface area contributed by atoms with Gasteiger partial charge in [0.05, 0.1) is 5.69 Å². The van der Waals surface area contributed by atoms with Crippen molar-refractivity contribution >= 4 is 33.2 Å². The third-order valence-electron chi connectivity index (χ3n) is 3.36. The highest BCUT2D eigenvalue weighted by Crippen LogP contribution is 2.32. The normalized spacial score (nSPS) is 12.3. The molecule has 0 aliphatic carbocycles. The summed E-state index contributed by atoms with van der Waals surface area (Å²) in [6, 6.07) is 10.9. The van der Waals surface area contributed by atoms with Crippen LogP contribution in [0.2, 0.25) is 5.02 Å². The van der Waals surface area contributed by atoms with Crippen LogP contribution in [-0.2, 0) is 0 Å². The topological polar surface area (TPSA) is 12.0 Å². The first-order valence-electron chi connectivity index (χ1n) is 6.67. The highest BCUT2D eigenvalue weighted by Gasteiger charge is 2.10. The Labute approximate surface area is 134 Å². The molecular weight excluding hydrogens is 334 g/mol. The predicted molar refractivity (Wildman–Crippen MR) is 91.8 cm³/mol. The smallest absolute Gasteiger partial charge is 0.0504 e. The second-order valence-corrected chi connectivity index (χ2v) is 6.63. The summed E-state index contributed by atoms with van der Waals surface area (Å²) < 4.78 is 1.04. The van der Waals surface area contributed by atoms with Crippen molar-refractivity contribution in [2.45, 2.75) is 33.7 Å². The molecule has 2 aromatic rings. The maximum atomic E-state index is 6.20. The van der Waals surface area contributed by atoms with E-state index in [1.165, 1.54) is 16.7 Å². The van der Waals surface area contributed by atoms with Gasteiger partial charge < -0.3 is 5.32 Å². The van der Waals surface area contributed by atoms with Gasteiger partial charge in [-0.25, -0.2) is 0 Å². The van der Waals surface area contributed by atoms with Crippen molar-refractivity contribution in [3.05, 3.63) is 62.1 Å². The van der Waals surface area contributed by atoms with E-state index in [2.05, 4.69) is 60.2 Å². The fraction of sp³-hybridized carbons (Fsp3) is 0.294. The third kappa shape index (κ3) is 3.56. The molecule has 0 heterocycles. The van der Waals surface area contributed by atoms with Crippen LogP contribution in [0, 0.1) is 20.8 Å². The lowest BCUT2D eigenvalue weighted by Crippen LogP contribution is -2.08. The van der Waals surface area contributed by atoms with Gasteiger partial charge in [0.2, 0.25) is 0 Å². The minimum Gasteiger partial charge on any atom is -0.378 e. The molecule has 0 aliphatic heterocycles. The van der Waals surface area contributed by atoms with Crippen molar-refractivity contribution in [3.63, 3.8) is 0 Å². The van der Waals surface area contributed by atoms with E-state index >= 15 is 0 Å². The van der Waals surface area contributed by atoms with Gasteiger partial charge in [-0.3, -0.25) is 0 Å². The van der Waals surface area contributed by atoms with E-state index in [-0.39, 0.29) is 6.04 Å². The second-order valence-electron chi connectivity index (χ2n) is 5.37. The van der Waals surface area contributed by atoms with Crippen molar-refractivity contribution in [2.24, 2.45) is 0 Å². The summed E-state index contributed by atoms with van der Waals surface area (Å²) in [5, 5.41) is 4.30. The third-order valence-corrected chi connectivity index (χ3v) is 4.43. The Balaban J connectivity index is 2.27. The largest absolute Gasteiger partial charge is 0.378 e. The van der Waals surface area contributed by atoms with Gasteiger partial charge in [0.1, 0.15) is 0 Å². The number of anilines is 1. The molecular formula is C17H19BrClN. The van der Waals surface area contributed by atoms with E-state index in [0.29, 0.717) is 0 Å². The number of nitrogens with one attached hydrogen (secondary N) is 1. The number of aryl methyl sites for hydroxylation is 3. The average molecular weight is 353 g/mol. The van der Waals surface area contributed by atoms with Crippen molar-refractivity contribution < 1.29 is 0 Å². The van der Waals surface area contributed by atoms with Crippen LogP contribution in [0.5, 0.6) is 0 Å². The molecule has 20 heavy (non-hydrogen) atoms. The molecule has 0 aromatic heterocycles. The minimum absolute atomic E-state index is 0.226. The molecule has 2 aromatic carbocycles. The molecule has 1 atom stereocenters. The van der Waals surface area contributed by atoms with E-state index in [0.717, 1.165) is 20.7 Å². The molecule has 2 rings (SSSR count). The van der Waals surface area contributed by atoms with Crippen LogP contribution in [0.1, 0.15) is 35.2 Å². The SMILES string of the molecule is Cc1cc(C)cc(C(C)Nc2cc(Cl)c(C)cc2Br)c1. The molecule has 0 aliphatic rings. The van der Waals surface area contributed by atoms with E-state index in [1.54, 1.807) is 0 Å². The molecule has 106 valence electrons. The first-order chi connectivity index (χ1) is 9.36. The van der Waals surface area contributed by atoms with Crippen LogP contribution in [-0.4, -0.2) is 0 Å². The Morgan fingerprint density at radius 2 is 1.60 bits per heavy atom. The lowest BCUT2D eigenvalue weighted by atomic mass is 10.0. The van der Waals surface area contributed by atoms with Gasteiger partial charge in [-0.15, -0.1) is 0 Å². The van der Waals surface area contributed by atoms with Gasteiger partial charge in [0.25, 0.3) is 0 Å². The lowest BCUT2D eigenvalue weighted by molar-refractivity contribution is 0.879. The minimum atomic E-state index is 0.226. The van der Waals surface area contributed by atoms with E-state index < -0.39 is 0 Å². The summed E-state index contributed by atoms with van der Waals surface area (Å²) in [6.07, 6.45) is 0. The van der Waals surface area contributed by atoms with Crippen molar-refractivity contribution in [3.8, 4) is 0 Å². The van der Waals surface area contributed by atoms with Gasteiger partial charge in [0, 0.05) is 15.5 Å². The summed E-state index contributed by atoms with van der Waals surface area (Å²) in [5.74, 6) is 0. The Morgan fingerprint density at radius 1 is 1.00 bits per heavy atom. The number of rotatable bonds is 3. The Hall–Kier alpha value is -0.990. The van der Waals surface area contributed by atoms with E-state index in [9.17, 15) is 0 Å². The molecule has 0 spiro atoms. The maximum Gasteiger partial charge on any atom is 0.0504 e. The van der Waals surface area contributed by atoms with Crippen molar-refractivity contribution in [1.82, 2.24) is 0 Å². The molecule has 1 nitrogen and oxygen atoms in total. The summed E-state index contributed by atoms with van der Waals surface area (Å²) in [6.45, 7) is 8.42. The van der Waals surface area contributed by atoms with Crippen LogP contribution in [0.25, 0.3) is 0 Å². The van der Waals surface area contributed by atoms with Crippen LogP contribution in [0.4, 0.5) is 5.69 Å². The predicted octanol–water partition coefficient (Wildman–Crippen LogP) is 6.20. The number of benzene rings is 2. The monoisotopic (exact) mass is 351 g/mol. The summed E-state index contributed by atoms with van der Waals surface area (Å²) in [7, 11) is 0. The highest BCUT2D eigenvalue weighted by molar-refractivity contribution is 9.10. The highest BCUT2D eigenvalue weighted by atomic mass is 79.9. The molecule has 1 unspecified atom stereocenters. The Bertz CT molecular complexity index is 617. The van der Waals surface area contributed by atoms with Crippen LogP contribution >= 0.6 is 27.5 Å². The molecule has 0 saturated carbocycles. The molecule has 0 radical (unpaired) electrons. The van der Waals surface area contributed by atoms with E-state index in [4.69, 9.17) is 11.6 Å². The first-order valence-corrected chi connectivity index (χ1v) is 7.84. The average Bonchev–Trinajstić information content (AvgIpc) is 2.34. The van der Waals surface area contributed by atoms with Gasteiger partial charge in [0.15, 0.2) is 0 Å². The van der Waals surface area contributed by atoms with Crippen LogP contribution in [0.15, 0.2) is 34.8 Å². The summed E-state index contributed by atoms with van der Waals surface area (Å²) in [5.41, 5.74) is 5.95. The van der Waals surface area contributed by atoms with Crippen molar-refractivity contribution in [2.75, 3.05) is 5.32 Å². The lowest BCUT2D eigenvalue weighted by Gasteiger charge is -2.19. The standard InChI is InChI=1S/C17H19BrClN/c1-10-5-11(2)7-14(6-10)13(4)20-17-9-16(19)12(3)8-15(17)18/h5-9,13,20H,1-4H3. The number of hydrogen-bond acceptors (Lipinski definition) is 1. The van der Waals surface area contributed by atoms with Gasteiger partial charge in [-0.2, -0.15) is 0 Å².